The van der Waals surface area contributed by atoms with Gasteiger partial charge in [-0.15, -0.1) is 0 Å². The normalized spacial score (nSPS) is 20.1. The molecule has 0 spiro atoms. The number of piperidine rings is 2. The molecular weight excluding hydrogens is 795 g/mol. The fourth-order valence-corrected chi connectivity index (χ4v) is 7.84. The fraction of sp³-hybridized carbons (Fsp3) is 0.647. The van der Waals surface area contributed by atoms with Gasteiger partial charge in [0, 0.05) is 106 Å². The summed E-state index contributed by atoms with van der Waals surface area (Å²) >= 11 is 6.34. The molecule has 0 amide bonds. The predicted octanol–water partition coefficient (Wildman–Crippen LogP) is 5.07. The number of likely N-dealkylation sites (N-methyl/N-ethyl adjacent to an activating group) is 2. The maximum absolute atomic E-state index is 12.9. The SMILES string of the molecule is CN1CCN(C2CCNCC2)CC1.COc1cc(F)c(Br)cc1[N+](=O)[O-].COc1cc(N2CCC(N3CCN(C)CC3)CC2)c(Br)cc1[N+](=O)[O-]. The van der Waals surface area contributed by atoms with Crippen LogP contribution in [0.15, 0.2) is 33.2 Å². The van der Waals surface area contributed by atoms with Crippen molar-refractivity contribution < 1.29 is 23.7 Å². The van der Waals surface area contributed by atoms with Crippen LogP contribution in [0.25, 0.3) is 0 Å². The van der Waals surface area contributed by atoms with E-state index in [-0.39, 0.29) is 21.6 Å². The quantitative estimate of drug-likeness (QED) is 0.295. The number of benzene rings is 2. The minimum atomic E-state index is -0.636. The van der Waals surface area contributed by atoms with Gasteiger partial charge in [0.25, 0.3) is 0 Å². The van der Waals surface area contributed by atoms with E-state index in [0.717, 1.165) is 80.4 Å². The van der Waals surface area contributed by atoms with E-state index in [4.69, 9.17) is 4.74 Å². The van der Waals surface area contributed by atoms with Crippen LogP contribution in [0.5, 0.6) is 11.5 Å². The molecule has 0 unspecified atom stereocenters. The standard InChI is InChI=1S/C17H25BrN4O3.C10H21N3.C7H5BrFNO3/c1-19-7-9-20(10-8-19)13-3-5-21(6-4-13)15-12-17(25-2)16(22(23)24)11-14(15)18;1-12-6-8-13(9-7-12)10-2-4-11-5-3-10;1-13-7-3-5(9)4(8)2-6(7)10(11)12/h11-13H,3-10H2,1-2H3;10-11H,2-9H2,1H3;2-3H,1H3. The number of methoxy groups -OCH3 is 2. The number of nitro benzene ring substituents is 2. The lowest BCUT2D eigenvalue weighted by Gasteiger charge is -2.42. The van der Waals surface area contributed by atoms with E-state index in [9.17, 15) is 24.6 Å². The molecule has 0 aromatic heterocycles. The average molecular weight is 847 g/mol. The van der Waals surface area contributed by atoms with Crippen LogP contribution >= 0.6 is 31.9 Å². The Balaban J connectivity index is 0.000000189. The van der Waals surface area contributed by atoms with Gasteiger partial charge in [0.15, 0.2) is 11.5 Å². The minimum Gasteiger partial charge on any atom is -0.490 e. The number of piperazine rings is 2. The van der Waals surface area contributed by atoms with Gasteiger partial charge in [0.2, 0.25) is 0 Å². The Morgan fingerprint density at radius 2 is 1.12 bits per heavy atom. The molecule has 0 aliphatic carbocycles. The lowest BCUT2D eigenvalue weighted by molar-refractivity contribution is -0.386. The van der Waals surface area contributed by atoms with Crippen molar-refractivity contribution in [3.8, 4) is 11.5 Å². The van der Waals surface area contributed by atoms with Crippen molar-refractivity contribution in [1.29, 1.82) is 0 Å². The molecule has 4 heterocycles. The summed E-state index contributed by atoms with van der Waals surface area (Å²) < 4.78 is 23.5. The van der Waals surface area contributed by atoms with Crippen molar-refractivity contribution >= 4 is 48.9 Å². The molecule has 4 saturated heterocycles. The lowest BCUT2D eigenvalue weighted by atomic mass is 10.0. The van der Waals surface area contributed by atoms with Gasteiger partial charge in [-0.05, 0) is 84.7 Å². The number of rotatable bonds is 7. The first-order valence-corrected chi connectivity index (χ1v) is 19.0. The number of hydrogen-bond donors (Lipinski definition) is 1. The van der Waals surface area contributed by atoms with Gasteiger partial charge in [0.1, 0.15) is 5.82 Å². The predicted molar refractivity (Wildman–Crippen MR) is 204 cm³/mol. The monoisotopic (exact) mass is 844 g/mol. The summed E-state index contributed by atoms with van der Waals surface area (Å²) in [4.78, 5) is 32.9. The maximum Gasteiger partial charge on any atom is 0.312 e. The molecule has 284 valence electrons. The lowest BCUT2D eigenvalue weighted by Crippen LogP contribution is -2.52. The smallest absolute Gasteiger partial charge is 0.312 e. The first-order valence-electron chi connectivity index (χ1n) is 17.4. The second kappa shape index (κ2) is 20.0. The number of nitrogens with zero attached hydrogens (tertiary/aromatic N) is 7. The van der Waals surface area contributed by atoms with E-state index < -0.39 is 15.7 Å². The van der Waals surface area contributed by atoms with Crippen molar-refractivity contribution in [2.45, 2.75) is 37.8 Å². The third-order valence-corrected chi connectivity index (χ3v) is 11.3. The molecular formula is C34H51Br2FN8O6. The second-order valence-corrected chi connectivity index (χ2v) is 15.0. The molecule has 2 aromatic rings. The molecule has 1 N–H and O–H groups in total. The second-order valence-electron chi connectivity index (χ2n) is 13.3. The molecule has 0 atom stereocenters. The van der Waals surface area contributed by atoms with E-state index in [1.165, 1.54) is 66.3 Å². The molecule has 4 aliphatic heterocycles. The largest absolute Gasteiger partial charge is 0.490 e. The molecule has 4 fully saturated rings. The summed E-state index contributed by atoms with van der Waals surface area (Å²) in [5.74, 6) is -0.377. The van der Waals surface area contributed by atoms with Crippen LogP contribution in [-0.4, -0.2) is 148 Å². The molecule has 0 radical (unpaired) electrons. The highest BCUT2D eigenvalue weighted by molar-refractivity contribution is 9.10. The molecule has 6 rings (SSSR count). The zero-order chi connectivity index (χ0) is 37.1. The van der Waals surface area contributed by atoms with Crippen LogP contribution < -0.4 is 19.7 Å². The summed E-state index contributed by atoms with van der Waals surface area (Å²) in [6.07, 6.45) is 4.94. The van der Waals surface area contributed by atoms with Crippen LogP contribution in [0.3, 0.4) is 0 Å². The Morgan fingerprint density at radius 1 is 0.686 bits per heavy atom. The number of anilines is 1. The Labute approximate surface area is 316 Å². The Morgan fingerprint density at radius 3 is 1.57 bits per heavy atom. The summed E-state index contributed by atoms with van der Waals surface area (Å²) in [7, 11) is 7.12. The van der Waals surface area contributed by atoms with E-state index in [0.29, 0.717) is 11.8 Å². The average Bonchev–Trinajstić information content (AvgIpc) is 3.14. The zero-order valence-electron chi connectivity index (χ0n) is 30.0. The van der Waals surface area contributed by atoms with Gasteiger partial charge in [-0.3, -0.25) is 30.0 Å². The Kier molecular flexibility index (Phi) is 16.1. The van der Waals surface area contributed by atoms with Crippen LogP contribution in [0.1, 0.15) is 25.7 Å². The van der Waals surface area contributed by atoms with E-state index in [2.05, 4.69) is 80.5 Å². The minimum absolute atomic E-state index is 0.00884. The number of hydrogen-bond acceptors (Lipinski definition) is 12. The van der Waals surface area contributed by atoms with Gasteiger partial charge in [-0.1, -0.05) is 0 Å². The number of nitro groups is 2. The van der Waals surface area contributed by atoms with E-state index in [1.807, 2.05) is 0 Å². The first-order chi connectivity index (χ1) is 24.4. The van der Waals surface area contributed by atoms with E-state index in [1.54, 1.807) is 12.1 Å². The van der Waals surface area contributed by atoms with Gasteiger partial charge in [-0.2, -0.15) is 0 Å². The highest BCUT2D eigenvalue weighted by Gasteiger charge is 2.29. The molecule has 4 aliphatic rings. The third kappa shape index (κ3) is 11.7. The number of nitrogens with one attached hydrogen (secondary N) is 1. The van der Waals surface area contributed by atoms with Crippen molar-refractivity contribution in [2.24, 2.45) is 0 Å². The molecule has 14 nitrogen and oxygen atoms in total. The highest BCUT2D eigenvalue weighted by Crippen LogP contribution is 2.39. The zero-order valence-corrected chi connectivity index (χ0v) is 33.2. The summed E-state index contributed by atoms with van der Waals surface area (Å²) in [5, 5.41) is 25.0. The first kappa shape index (κ1) is 41.1. The number of ether oxygens (including phenoxy) is 2. The topological polar surface area (TPSA) is 133 Å². The van der Waals surface area contributed by atoms with Gasteiger partial charge >= 0.3 is 11.4 Å². The highest BCUT2D eigenvalue weighted by atomic mass is 79.9. The molecule has 0 bridgehead atoms. The van der Waals surface area contributed by atoms with Gasteiger partial charge < -0.3 is 29.5 Å². The maximum atomic E-state index is 12.9. The molecule has 17 heteroatoms. The van der Waals surface area contributed by atoms with Crippen molar-refractivity contribution in [1.82, 2.24) is 24.9 Å². The van der Waals surface area contributed by atoms with Crippen LogP contribution in [0, 0.1) is 26.0 Å². The van der Waals surface area contributed by atoms with Gasteiger partial charge in [0.05, 0.1) is 34.2 Å². The van der Waals surface area contributed by atoms with Crippen molar-refractivity contribution in [3.05, 3.63) is 59.3 Å². The van der Waals surface area contributed by atoms with Crippen molar-refractivity contribution in [2.75, 3.05) is 112 Å². The van der Waals surface area contributed by atoms with Gasteiger partial charge in [-0.25, -0.2) is 4.39 Å². The summed E-state index contributed by atoms with van der Waals surface area (Å²) in [6.45, 7) is 14.0. The summed E-state index contributed by atoms with van der Waals surface area (Å²) in [6, 6.07) is 6.86. The fourth-order valence-electron chi connectivity index (χ4n) is 6.92. The number of halogens is 3. The molecule has 2 aromatic carbocycles. The van der Waals surface area contributed by atoms with Crippen LogP contribution in [-0.2, 0) is 0 Å². The molecule has 51 heavy (non-hydrogen) atoms. The Bertz CT molecular complexity index is 1450. The van der Waals surface area contributed by atoms with E-state index >= 15 is 0 Å². The summed E-state index contributed by atoms with van der Waals surface area (Å²) in [5.41, 5.74) is 0.695. The molecule has 0 saturated carbocycles. The van der Waals surface area contributed by atoms with Crippen LogP contribution in [0.2, 0.25) is 0 Å². The Hall–Kier alpha value is -2.67. The van der Waals surface area contributed by atoms with Crippen LogP contribution in [0.4, 0.5) is 21.5 Å². The van der Waals surface area contributed by atoms with Crippen molar-refractivity contribution in [3.63, 3.8) is 0 Å². The third-order valence-electron chi connectivity index (χ3n) is 10.1.